The largest absolute Gasteiger partial charge is 0.303 e. The van der Waals surface area contributed by atoms with Crippen molar-refractivity contribution in [3.05, 3.63) is 71.8 Å². The summed E-state index contributed by atoms with van der Waals surface area (Å²) in [5, 5.41) is 0. The third-order valence-electron chi connectivity index (χ3n) is 4.53. The van der Waals surface area contributed by atoms with E-state index in [4.69, 9.17) is 0 Å². The molecule has 0 spiro atoms. The highest BCUT2D eigenvalue weighted by atomic mass is 16.1. The smallest absolute Gasteiger partial charge is 0.121 e. The molecule has 1 saturated heterocycles. The van der Waals surface area contributed by atoms with E-state index in [2.05, 4.69) is 64.4 Å². The molecule has 0 aliphatic carbocycles. The number of piperazine rings is 1. The van der Waals surface area contributed by atoms with Gasteiger partial charge >= 0.3 is 0 Å². The van der Waals surface area contributed by atoms with E-state index in [1.165, 1.54) is 11.1 Å². The van der Waals surface area contributed by atoms with E-state index in [1.807, 2.05) is 6.07 Å². The van der Waals surface area contributed by atoms with Crippen LogP contribution in [0.1, 0.15) is 17.5 Å². The van der Waals surface area contributed by atoms with E-state index in [0.29, 0.717) is 12.5 Å². The summed E-state index contributed by atoms with van der Waals surface area (Å²) in [5.74, 6) is 0. The lowest BCUT2D eigenvalue weighted by atomic mass is 10.1. The first-order chi connectivity index (χ1) is 11.3. The van der Waals surface area contributed by atoms with Gasteiger partial charge in [-0.05, 0) is 11.1 Å². The molecular formula is C20H24N2O. The molecule has 1 atom stereocenters. The lowest BCUT2D eigenvalue weighted by molar-refractivity contribution is -0.109. The number of benzene rings is 2. The van der Waals surface area contributed by atoms with Crippen molar-refractivity contribution in [3.63, 3.8) is 0 Å². The average molecular weight is 308 g/mol. The van der Waals surface area contributed by atoms with Crippen molar-refractivity contribution in [1.82, 2.24) is 9.80 Å². The zero-order valence-corrected chi connectivity index (χ0v) is 13.5. The van der Waals surface area contributed by atoms with Crippen molar-refractivity contribution in [2.75, 3.05) is 19.6 Å². The molecule has 1 unspecified atom stereocenters. The van der Waals surface area contributed by atoms with Gasteiger partial charge in [-0.25, -0.2) is 0 Å². The van der Waals surface area contributed by atoms with Crippen LogP contribution in [0.25, 0.3) is 0 Å². The molecule has 0 radical (unpaired) electrons. The molecule has 3 nitrogen and oxygen atoms in total. The minimum absolute atomic E-state index is 0.310. The highest BCUT2D eigenvalue weighted by Crippen LogP contribution is 2.17. The summed E-state index contributed by atoms with van der Waals surface area (Å²) in [6.45, 7) is 4.92. The first kappa shape index (κ1) is 15.9. The molecule has 1 heterocycles. The number of hydrogen-bond donors (Lipinski definition) is 0. The van der Waals surface area contributed by atoms with Gasteiger partial charge in [-0.2, -0.15) is 0 Å². The van der Waals surface area contributed by atoms with Crippen LogP contribution in [-0.2, 0) is 17.9 Å². The fourth-order valence-corrected chi connectivity index (χ4v) is 3.30. The second-order valence-electron chi connectivity index (χ2n) is 6.23. The maximum absolute atomic E-state index is 11.1. The van der Waals surface area contributed by atoms with E-state index >= 15 is 0 Å². The van der Waals surface area contributed by atoms with E-state index in [0.717, 1.165) is 39.0 Å². The molecule has 0 N–H and O–H groups in total. The minimum atomic E-state index is 0.310. The number of rotatable bonds is 6. The van der Waals surface area contributed by atoms with Gasteiger partial charge in [0.05, 0.1) is 0 Å². The normalized spacial score (nSPS) is 19.6. The van der Waals surface area contributed by atoms with Crippen LogP contribution in [0, 0.1) is 0 Å². The molecule has 1 aliphatic rings. The van der Waals surface area contributed by atoms with Crippen LogP contribution in [0.2, 0.25) is 0 Å². The van der Waals surface area contributed by atoms with Crippen molar-refractivity contribution in [2.45, 2.75) is 25.6 Å². The molecule has 0 saturated carbocycles. The summed E-state index contributed by atoms with van der Waals surface area (Å²) >= 11 is 0. The van der Waals surface area contributed by atoms with Crippen LogP contribution < -0.4 is 0 Å². The van der Waals surface area contributed by atoms with Gasteiger partial charge in [0.2, 0.25) is 0 Å². The average Bonchev–Trinajstić information content (AvgIpc) is 2.59. The van der Waals surface area contributed by atoms with Gasteiger partial charge in [0.25, 0.3) is 0 Å². The molecule has 3 heteroatoms. The van der Waals surface area contributed by atoms with Crippen LogP contribution in [0.3, 0.4) is 0 Å². The molecular weight excluding hydrogens is 284 g/mol. The Labute approximate surface area is 138 Å². The lowest BCUT2D eigenvalue weighted by Crippen LogP contribution is -2.52. The molecule has 0 bridgehead atoms. The van der Waals surface area contributed by atoms with Crippen LogP contribution >= 0.6 is 0 Å². The van der Waals surface area contributed by atoms with Gasteiger partial charge in [0, 0.05) is 45.2 Å². The lowest BCUT2D eigenvalue weighted by Gasteiger charge is -2.41. The van der Waals surface area contributed by atoms with Crippen molar-refractivity contribution in [2.24, 2.45) is 0 Å². The van der Waals surface area contributed by atoms with Gasteiger partial charge in [0.1, 0.15) is 6.29 Å². The Morgan fingerprint density at radius 3 is 2.09 bits per heavy atom. The summed E-state index contributed by atoms with van der Waals surface area (Å²) in [5.41, 5.74) is 2.66. The Morgan fingerprint density at radius 1 is 0.870 bits per heavy atom. The van der Waals surface area contributed by atoms with Gasteiger partial charge in [-0.3, -0.25) is 9.80 Å². The minimum Gasteiger partial charge on any atom is -0.303 e. The third-order valence-corrected chi connectivity index (χ3v) is 4.53. The van der Waals surface area contributed by atoms with Gasteiger partial charge in [-0.1, -0.05) is 60.7 Å². The highest BCUT2D eigenvalue weighted by Gasteiger charge is 2.26. The zero-order chi connectivity index (χ0) is 15.9. The number of aldehydes is 1. The summed E-state index contributed by atoms with van der Waals surface area (Å²) in [4.78, 5) is 16.0. The van der Waals surface area contributed by atoms with Crippen LogP contribution in [0.15, 0.2) is 60.7 Å². The van der Waals surface area contributed by atoms with E-state index < -0.39 is 0 Å². The van der Waals surface area contributed by atoms with Crippen molar-refractivity contribution in [3.8, 4) is 0 Å². The van der Waals surface area contributed by atoms with E-state index in [1.54, 1.807) is 0 Å². The van der Waals surface area contributed by atoms with Gasteiger partial charge in [0.15, 0.2) is 0 Å². The summed E-state index contributed by atoms with van der Waals surface area (Å²) in [6.07, 6.45) is 1.67. The Bertz CT molecular complexity index is 600. The van der Waals surface area contributed by atoms with Crippen molar-refractivity contribution >= 4 is 6.29 Å². The SMILES string of the molecule is O=CCC1CN(Cc2ccccc2)CCN1Cc1ccccc1. The monoisotopic (exact) mass is 308 g/mol. The zero-order valence-electron chi connectivity index (χ0n) is 13.5. The van der Waals surface area contributed by atoms with Crippen molar-refractivity contribution in [1.29, 1.82) is 0 Å². The maximum Gasteiger partial charge on any atom is 0.121 e. The third kappa shape index (κ3) is 4.50. The van der Waals surface area contributed by atoms with Crippen molar-refractivity contribution < 1.29 is 4.79 Å². The molecule has 3 rings (SSSR count). The number of carbonyl (C=O) groups excluding carboxylic acids is 1. The standard InChI is InChI=1S/C20H24N2O/c23-14-11-20-17-21(15-18-7-3-1-4-8-18)12-13-22(20)16-19-9-5-2-6-10-19/h1-10,14,20H,11-13,15-17H2. The van der Waals surface area contributed by atoms with E-state index in [-0.39, 0.29) is 0 Å². The first-order valence-corrected chi connectivity index (χ1v) is 8.33. The van der Waals surface area contributed by atoms with E-state index in [9.17, 15) is 4.79 Å². The second-order valence-corrected chi connectivity index (χ2v) is 6.23. The predicted octanol–water partition coefficient (Wildman–Crippen LogP) is 2.96. The molecule has 23 heavy (non-hydrogen) atoms. The van der Waals surface area contributed by atoms with Crippen LogP contribution in [0.5, 0.6) is 0 Å². The molecule has 0 amide bonds. The van der Waals surface area contributed by atoms with Crippen LogP contribution in [-0.4, -0.2) is 41.8 Å². The quantitative estimate of drug-likeness (QED) is 0.767. The Balaban J connectivity index is 1.62. The summed E-state index contributed by atoms with van der Waals surface area (Å²) < 4.78 is 0. The summed E-state index contributed by atoms with van der Waals surface area (Å²) in [7, 11) is 0. The number of nitrogens with zero attached hydrogens (tertiary/aromatic N) is 2. The molecule has 0 aromatic heterocycles. The molecule has 1 aliphatic heterocycles. The highest BCUT2D eigenvalue weighted by molar-refractivity contribution is 5.50. The van der Waals surface area contributed by atoms with Crippen LogP contribution in [0.4, 0.5) is 0 Å². The Morgan fingerprint density at radius 2 is 1.48 bits per heavy atom. The number of hydrogen-bond acceptors (Lipinski definition) is 3. The molecule has 2 aromatic carbocycles. The Kier molecular flexibility index (Phi) is 5.56. The second kappa shape index (κ2) is 8.04. The van der Waals surface area contributed by atoms with Gasteiger partial charge < -0.3 is 4.79 Å². The van der Waals surface area contributed by atoms with Gasteiger partial charge in [-0.15, -0.1) is 0 Å². The maximum atomic E-state index is 11.1. The molecule has 120 valence electrons. The fourth-order valence-electron chi connectivity index (χ4n) is 3.30. The number of carbonyl (C=O) groups is 1. The fraction of sp³-hybridized carbons (Fsp3) is 0.350. The summed E-state index contributed by atoms with van der Waals surface area (Å²) in [6, 6.07) is 21.4. The first-order valence-electron chi connectivity index (χ1n) is 8.33. The molecule has 1 fully saturated rings. The topological polar surface area (TPSA) is 23.6 Å². The Hall–Kier alpha value is -1.97. The molecule has 2 aromatic rings. The predicted molar refractivity (Wildman–Crippen MR) is 93.0 cm³/mol.